The van der Waals surface area contributed by atoms with Gasteiger partial charge in [-0.25, -0.2) is 4.99 Å². The smallest absolute Gasteiger partial charge is 0.271 e. The van der Waals surface area contributed by atoms with Gasteiger partial charge in [0.25, 0.3) is 17.2 Å². The Hall–Kier alpha value is -3.76. The van der Waals surface area contributed by atoms with Crippen molar-refractivity contribution >= 4 is 46.3 Å². The van der Waals surface area contributed by atoms with Gasteiger partial charge in [-0.3, -0.25) is 24.3 Å². The highest BCUT2D eigenvalue weighted by Gasteiger charge is 2.34. The van der Waals surface area contributed by atoms with Gasteiger partial charge in [0.05, 0.1) is 26.8 Å². The molecule has 41 heavy (non-hydrogen) atoms. The Bertz CT molecular complexity index is 1700. The number of amides is 1. The first-order valence-electron chi connectivity index (χ1n) is 13.8. The summed E-state index contributed by atoms with van der Waals surface area (Å²) in [5.74, 6) is -0.170. The number of hydrogen-bond acceptors (Lipinski definition) is 7. The standard InChI is InChI=1S/C30H32ClN5O4S/c1-4-33(5-2)29(38)26-19(3)32-30-35(27(26)20-9-11-22(31)12-10-20)28(37)25(41-30)18-21-17-23(36(39)40)13-14-24(21)34-15-7-6-8-16-34/h9-14,17-18,27H,4-8,15-16H2,1-3H3/b25-18-/t27-/m0/s1. The van der Waals surface area contributed by atoms with Crippen LogP contribution >= 0.6 is 22.9 Å². The summed E-state index contributed by atoms with van der Waals surface area (Å²) >= 11 is 7.40. The summed E-state index contributed by atoms with van der Waals surface area (Å²) in [5, 5.41) is 12.2. The summed E-state index contributed by atoms with van der Waals surface area (Å²) in [6.45, 7) is 8.39. The SMILES string of the molecule is CCN(CC)C(=O)C1=C(C)N=c2s/c(=C\c3cc([N+](=O)[O-])ccc3N3CCCCC3)c(=O)n2[C@H]1c1ccc(Cl)cc1. The maximum Gasteiger partial charge on any atom is 0.271 e. The van der Waals surface area contributed by atoms with Gasteiger partial charge < -0.3 is 9.80 Å². The molecule has 0 radical (unpaired) electrons. The van der Waals surface area contributed by atoms with Gasteiger partial charge in [0, 0.05) is 54.6 Å². The number of likely N-dealkylation sites (N-methyl/N-ethyl adjacent to an activating group) is 1. The van der Waals surface area contributed by atoms with Crippen molar-refractivity contribution in [3.8, 4) is 0 Å². The summed E-state index contributed by atoms with van der Waals surface area (Å²) in [7, 11) is 0. The van der Waals surface area contributed by atoms with E-state index < -0.39 is 11.0 Å². The predicted molar refractivity (Wildman–Crippen MR) is 162 cm³/mol. The number of allylic oxidation sites excluding steroid dienone is 1. The lowest BCUT2D eigenvalue weighted by Gasteiger charge is -2.30. The zero-order valence-corrected chi connectivity index (χ0v) is 24.9. The molecule has 0 N–H and O–H groups in total. The molecule has 1 saturated heterocycles. The molecule has 1 atom stereocenters. The van der Waals surface area contributed by atoms with Crippen LogP contribution < -0.4 is 19.8 Å². The summed E-state index contributed by atoms with van der Waals surface area (Å²) in [6.07, 6.45) is 4.96. The number of fused-ring (bicyclic) bond motifs is 1. The maximum atomic E-state index is 14.1. The number of rotatable bonds is 7. The van der Waals surface area contributed by atoms with Crippen molar-refractivity contribution in [1.82, 2.24) is 9.47 Å². The number of nitrogens with zero attached hydrogens (tertiary/aromatic N) is 5. The van der Waals surface area contributed by atoms with Gasteiger partial charge in [0.1, 0.15) is 0 Å². The predicted octanol–water partition coefficient (Wildman–Crippen LogP) is 4.66. The molecule has 0 spiro atoms. The van der Waals surface area contributed by atoms with Crippen molar-refractivity contribution in [2.75, 3.05) is 31.1 Å². The van der Waals surface area contributed by atoms with Gasteiger partial charge in [-0.15, -0.1) is 0 Å². The van der Waals surface area contributed by atoms with E-state index in [1.807, 2.05) is 26.0 Å². The van der Waals surface area contributed by atoms with E-state index in [4.69, 9.17) is 16.6 Å². The Labute approximate surface area is 246 Å². The Morgan fingerprint density at radius 1 is 1.15 bits per heavy atom. The number of aromatic nitrogens is 1. The summed E-state index contributed by atoms with van der Waals surface area (Å²) in [5.41, 5.74) is 2.89. The number of non-ortho nitro benzene ring substituents is 1. The van der Waals surface area contributed by atoms with Gasteiger partial charge in [0.2, 0.25) is 0 Å². The van der Waals surface area contributed by atoms with E-state index in [1.54, 1.807) is 40.7 Å². The molecule has 11 heteroatoms. The Morgan fingerprint density at radius 3 is 2.46 bits per heavy atom. The third-order valence-corrected chi connectivity index (χ3v) is 8.93. The van der Waals surface area contributed by atoms with Crippen LogP contribution in [0.15, 0.2) is 63.5 Å². The molecule has 0 unspecified atom stereocenters. The topological polar surface area (TPSA) is 101 Å². The molecule has 2 aliphatic rings. The normalized spacial score (nSPS) is 17.3. The number of carbonyl (C=O) groups is 1. The largest absolute Gasteiger partial charge is 0.371 e. The first-order valence-corrected chi connectivity index (χ1v) is 15.0. The number of nitro groups is 1. The first kappa shape index (κ1) is 28.8. The molecule has 3 aromatic rings. The van der Waals surface area contributed by atoms with Gasteiger partial charge >= 0.3 is 0 Å². The number of halogens is 1. The third kappa shape index (κ3) is 5.58. The van der Waals surface area contributed by atoms with Crippen molar-refractivity contribution in [3.05, 3.63) is 99.7 Å². The lowest BCUT2D eigenvalue weighted by molar-refractivity contribution is -0.384. The van der Waals surface area contributed by atoms with Crippen LogP contribution in [0.1, 0.15) is 57.2 Å². The van der Waals surface area contributed by atoms with E-state index in [2.05, 4.69) is 4.90 Å². The average Bonchev–Trinajstić information content (AvgIpc) is 3.27. The second-order valence-electron chi connectivity index (χ2n) is 10.2. The number of benzene rings is 2. The highest BCUT2D eigenvalue weighted by atomic mass is 35.5. The van der Waals surface area contributed by atoms with Crippen LogP contribution in [0.4, 0.5) is 11.4 Å². The first-order chi connectivity index (χ1) is 19.7. The molecule has 1 amide bonds. The van der Waals surface area contributed by atoms with Crippen molar-refractivity contribution in [2.45, 2.75) is 46.1 Å². The molecule has 0 bridgehead atoms. The minimum Gasteiger partial charge on any atom is -0.371 e. The van der Waals surface area contributed by atoms with Gasteiger partial charge in [-0.05, 0) is 69.9 Å². The number of hydrogen-bond donors (Lipinski definition) is 0. The van der Waals surface area contributed by atoms with Crippen LogP contribution in [-0.2, 0) is 4.79 Å². The molecule has 9 nitrogen and oxygen atoms in total. The number of carbonyl (C=O) groups excluding carboxylic acids is 1. The third-order valence-electron chi connectivity index (χ3n) is 7.69. The minimum atomic E-state index is -0.689. The monoisotopic (exact) mass is 593 g/mol. The molecule has 0 saturated carbocycles. The second kappa shape index (κ2) is 12.0. The maximum absolute atomic E-state index is 14.1. The van der Waals surface area contributed by atoms with Crippen molar-refractivity contribution in [2.24, 2.45) is 4.99 Å². The molecule has 3 heterocycles. The van der Waals surface area contributed by atoms with Crippen LogP contribution in [0.3, 0.4) is 0 Å². The van der Waals surface area contributed by atoms with E-state index in [0.29, 0.717) is 44.3 Å². The van der Waals surface area contributed by atoms with Gasteiger partial charge in [0.15, 0.2) is 4.80 Å². The van der Waals surface area contributed by atoms with E-state index in [9.17, 15) is 19.7 Å². The van der Waals surface area contributed by atoms with Crippen LogP contribution in [0.5, 0.6) is 0 Å². The van der Waals surface area contributed by atoms with E-state index in [-0.39, 0.29) is 17.2 Å². The molecular formula is C30H32ClN5O4S. The Balaban J connectivity index is 1.72. The lowest BCUT2D eigenvalue weighted by Crippen LogP contribution is -2.43. The van der Waals surface area contributed by atoms with Gasteiger partial charge in [-0.2, -0.15) is 0 Å². The number of anilines is 1. The number of thiazole rings is 1. The zero-order valence-electron chi connectivity index (χ0n) is 23.3. The zero-order chi connectivity index (χ0) is 29.3. The molecule has 5 rings (SSSR count). The molecule has 0 aliphatic carbocycles. The molecule has 1 aromatic heterocycles. The van der Waals surface area contributed by atoms with Crippen molar-refractivity contribution in [3.63, 3.8) is 0 Å². The molecule has 214 valence electrons. The van der Waals surface area contributed by atoms with Crippen LogP contribution in [0, 0.1) is 10.1 Å². The summed E-state index contributed by atoms with van der Waals surface area (Å²) < 4.78 is 1.97. The molecular weight excluding hydrogens is 562 g/mol. The Morgan fingerprint density at radius 2 is 1.83 bits per heavy atom. The van der Waals surface area contributed by atoms with Gasteiger partial charge in [-0.1, -0.05) is 35.1 Å². The van der Waals surface area contributed by atoms with E-state index in [0.717, 1.165) is 43.6 Å². The highest BCUT2D eigenvalue weighted by Crippen LogP contribution is 2.32. The molecule has 2 aromatic carbocycles. The molecule has 2 aliphatic heterocycles. The van der Waals surface area contributed by atoms with E-state index >= 15 is 0 Å². The summed E-state index contributed by atoms with van der Waals surface area (Å²) in [4.78, 5) is 48.2. The van der Waals surface area contributed by atoms with Crippen LogP contribution in [-0.4, -0.2) is 46.5 Å². The average molecular weight is 594 g/mol. The van der Waals surface area contributed by atoms with Crippen LogP contribution in [0.2, 0.25) is 5.02 Å². The fraction of sp³-hybridized carbons (Fsp3) is 0.367. The van der Waals surface area contributed by atoms with Crippen LogP contribution in [0.25, 0.3) is 6.08 Å². The fourth-order valence-corrected chi connectivity index (χ4v) is 6.74. The van der Waals surface area contributed by atoms with Crippen molar-refractivity contribution < 1.29 is 9.72 Å². The number of nitro benzene ring substituents is 1. The minimum absolute atomic E-state index is 0.0354. The van der Waals surface area contributed by atoms with Crippen molar-refractivity contribution in [1.29, 1.82) is 0 Å². The highest BCUT2D eigenvalue weighted by molar-refractivity contribution is 7.07. The fourth-order valence-electron chi connectivity index (χ4n) is 5.57. The lowest BCUT2D eigenvalue weighted by atomic mass is 9.94. The Kier molecular flexibility index (Phi) is 8.42. The second-order valence-corrected chi connectivity index (χ2v) is 11.6. The van der Waals surface area contributed by atoms with E-state index in [1.165, 1.54) is 23.5 Å². The number of piperidine rings is 1. The summed E-state index contributed by atoms with van der Waals surface area (Å²) in [6, 6.07) is 11.3. The molecule has 1 fully saturated rings. The quantitative estimate of drug-likeness (QED) is 0.293.